The van der Waals surface area contributed by atoms with E-state index < -0.39 is 0 Å². The monoisotopic (exact) mass is 257 g/mol. The lowest BCUT2D eigenvalue weighted by Crippen LogP contribution is -2.37. The average molecular weight is 258 g/mol. The molecule has 1 saturated heterocycles. The highest BCUT2D eigenvalue weighted by Crippen LogP contribution is 2.17. The summed E-state index contributed by atoms with van der Waals surface area (Å²) in [5.41, 5.74) is 0.283. The Morgan fingerprint density at radius 2 is 2.19 bits per heavy atom. The number of nitrogens with one attached hydrogen (secondary N) is 1. The number of carbonyl (C=O) groups is 1. The van der Waals surface area contributed by atoms with E-state index in [9.17, 15) is 4.79 Å². The third-order valence-electron chi connectivity index (χ3n) is 2.39. The highest BCUT2D eigenvalue weighted by Gasteiger charge is 2.17. The molecule has 1 aromatic heterocycles. The third-order valence-corrected chi connectivity index (χ3v) is 3.63. The van der Waals surface area contributed by atoms with Crippen molar-refractivity contribution in [1.29, 1.82) is 0 Å². The smallest absolute Gasteiger partial charge is 0.271 e. The number of amides is 1. The van der Waals surface area contributed by atoms with Crippen LogP contribution < -0.4 is 5.32 Å². The molecule has 0 saturated carbocycles. The summed E-state index contributed by atoms with van der Waals surface area (Å²) in [5.74, 6) is 2.02. The van der Waals surface area contributed by atoms with Crippen molar-refractivity contribution in [2.45, 2.75) is 18.9 Å². The molecule has 4 nitrogen and oxygen atoms in total. The summed E-state index contributed by atoms with van der Waals surface area (Å²) in [6.07, 6.45) is 4.88. The highest BCUT2D eigenvalue weighted by atomic mass is 35.5. The standard InChI is InChI=1S/C10H12ClN3OS/c11-9-6-12-5-8(14-9)10(15)13-7-1-3-16-4-2-7/h5-7H,1-4H2,(H,13,15). The van der Waals surface area contributed by atoms with Crippen LogP contribution in [0.3, 0.4) is 0 Å². The minimum Gasteiger partial charge on any atom is -0.348 e. The lowest BCUT2D eigenvalue weighted by molar-refractivity contribution is 0.0929. The van der Waals surface area contributed by atoms with Crippen molar-refractivity contribution >= 4 is 29.3 Å². The SMILES string of the molecule is O=C(NC1CCSCC1)c1cncc(Cl)n1. The lowest BCUT2D eigenvalue weighted by Gasteiger charge is -2.22. The first-order chi connectivity index (χ1) is 7.75. The van der Waals surface area contributed by atoms with Gasteiger partial charge >= 0.3 is 0 Å². The third kappa shape index (κ3) is 3.09. The Bertz CT molecular complexity index is 382. The number of nitrogens with zero attached hydrogens (tertiary/aromatic N) is 2. The van der Waals surface area contributed by atoms with E-state index in [-0.39, 0.29) is 22.8 Å². The van der Waals surface area contributed by atoms with Gasteiger partial charge in [-0.2, -0.15) is 11.8 Å². The molecule has 0 bridgehead atoms. The summed E-state index contributed by atoms with van der Waals surface area (Å²) in [4.78, 5) is 19.5. The first kappa shape index (κ1) is 11.7. The fraction of sp³-hybridized carbons (Fsp3) is 0.500. The Kier molecular flexibility index (Phi) is 4.01. The van der Waals surface area contributed by atoms with E-state index in [1.807, 2.05) is 11.8 Å². The summed E-state index contributed by atoms with van der Waals surface area (Å²) < 4.78 is 0. The molecule has 0 spiro atoms. The van der Waals surface area contributed by atoms with Gasteiger partial charge in [0.1, 0.15) is 10.8 Å². The molecule has 16 heavy (non-hydrogen) atoms. The second-order valence-electron chi connectivity index (χ2n) is 3.59. The zero-order valence-corrected chi connectivity index (χ0v) is 10.2. The van der Waals surface area contributed by atoms with Gasteiger partial charge in [0.05, 0.1) is 12.4 Å². The van der Waals surface area contributed by atoms with Crippen LogP contribution in [0.4, 0.5) is 0 Å². The molecule has 2 heterocycles. The van der Waals surface area contributed by atoms with Gasteiger partial charge in [0.15, 0.2) is 0 Å². The van der Waals surface area contributed by atoms with Crippen LogP contribution in [0.25, 0.3) is 0 Å². The van der Waals surface area contributed by atoms with Crippen LogP contribution in [0.5, 0.6) is 0 Å². The molecule has 0 atom stereocenters. The fourth-order valence-electron chi connectivity index (χ4n) is 1.55. The largest absolute Gasteiger partial charge is 0.348 e. The van der Waals surface area contributed by atoms with Gasteiger partial charge in [-0.25, -0.2) is 4.98 Å². The lowest BCUT2D eigenvalue weighted by atomic mass is 10.1. The van der Waals surface area contributed by atoms with Crippen molar-refractivity contribution in [1.82, 2.24) is 15.3 Å². The van der Waals surface area contributed by atoms with E-state index >= 15 is 0 Å². The molecule has 1 amide bonds. The number of thioether (sulfide) groups is 1. The maximum Gasteiger partial charge on any atom is 0.271 e. The number of hydrogen-bond donors (Lipinski definition) is 1. The maximum absolute atomic E-state index is 11.8. The van der Waals surface area contributed by atoms with Gasteiger partial charge in [0.25, 0.3) is 5.91 Å². The van der Waals surface area contributed by atoms with Crippen LogP contribution in [-0.4, -0.2) is 33.4 Å². The molecule has 86 valence electrons. The molecule has 6 heteroatoms. The summed E-state index contributed by atoms with van der Waals surface area (Å²) in [6, 6.07) is 0.259. The second kappa shape index (κ2) is 5.50. The molecular formula is C10H12ClN3OS. The molecule has 1 aliphatic heterocycles. The average Bonchev–Trinajstić information content (AvgIpc) is 2.30. The van der Waals surface area contributed by atoms with E-state index in [4.69, 9.17) is 11.6 Å². The van der Waals surface area contributed by atoms with Crippen LogP contribution in [0.2, 0.25) is 5.15 Å². The van der Waals surface area contributed by atoms with Gasteiger partial charge in [-0.1, -0.05) is 11.6 Å². The zero-order chi connectivity index (χ0) is 11.4. The number of aromatic nitrogens is 2. The molecule has 2 rings (SSSR count). The Morgan fingerprint density at radius 3 is 2.88 bits per heavy atom. The van der Waals surface area contributed by atoms with E-state index in [1.165, 1.54) is 12.4 Å². The fourth-order valence-corrected chi connectivity index (χ4v) is 2.81. The van der Waals surface area contributed by atoms with Crippen molar-refractivity contribution in [2.75, 3.05) is 11.5 Å². The van der Waals surface area contributed by atoms with Crippen LogP contribution in [0.1, 0.15) is 23.3 Å². The molecule has 1 fully saturated rings. The predicted octanol–water partition coefficient (Wildman–Crippen LogP) is 1.76. The Morgan fingerprint density at radius 1 is 1.44 bits per heavy atom. The first-order valence-electron chi connectivity index (χ1n) is 5.12. The normalized spacial score (nSPS) is 17.1. The van der Waals surface area contributed by atoms with Crippen LogP contribution >= 0.6 is 23.4 Å². The van der Waals surface area contributed by atoms with Crippen molar-refractivity contribution in [3.8, 4) is 0 Å². The van der Waals surface area contributed by atoms with Crippen LogP contribution in [0.15, 0.2) is 12.4 Å². The molecule has 1 aliphatic rings. The van der Waals surface area contributed by atoms with Crippen molar-refractivity contribution in [3.63, 3.8) is 0 Å². The second-order valence-corrected chi connectivity index (χ2v) is 5.20. The minimum atomic E-state index is -0.188. The number of carbonyl (C=O) groups excluding carboxylic acids is 1. The van der Waals surface area contributed by atoms with Crippen LogP contribution in [-0.2, 0) is 0 Å². The van der Waals surface area contributed by atoms with Crippen LogP contribution in [0, 0.1) is 0 Å². The first-order valence-corrected chi connectivity index (χ1v) is 6.65. The molecule has 1 aromatic rings. The summed E-state index contributed by atoms with van der Waals surface area (Å²) in [5, 5.41) is 3.19. The van der Waals surface area contributed by atoms with E-state index in [1.54, 1.807) is 0 Å². The van der Waals surface area contributed by atoms with Gasteiger partial charge in [0, 0.05) is 6.04 Å². The molecular weight excluding hydrogens is 246 g/mol. The maximum atomic E-state index is 11.8. The van der Waals surface area contributed by atoms with Gasteiger partial charge in [-0.3, -0.25) is 9.78 Å². The Balaban J connectivity index is 1.97. The van der Waals surface area contributed by atoms with Crippen molar-refractivity contribution in [3.05, 3.63) is 23.2 Å². The number of halogens is 1. The van der Waals surface area contributed by atoms with E-state index in [0.717, 1.165) is 24.3 Å². The summed E-state index contributed by atoms with van der Waals surface area (Å²) in [6.45, 7) is 0. The molecule has 0 aliphatic carbocycles. The van der Waals surface area contributed by atoms with Gasteiger partial charge in [-0.05, 0) is 24.3 Å². The van der Waals surface area contributed by atoms with Gasteiger partial charge in [-0.15, -0.1) is 0 Å². The quantitative estimate of drug-likeness (QED) is 0.877. The molecule has 0 radical (unpaired) electrons. The van der Waals surface area contributed by atoms with Crippen molar-refractivity contribution in [2.24, 2.45) is 0 Å². The van der Waals surface area contributed by atoms with E-state index in [2.05, 4.69) is 15.3 Å². The van der Waals surface area contributed by atoms with Gasteiger partial charge in [0.2, 0.25) is 0 Å². The Labute approximate surface area is 103 Å². The minimum absolute atomic E-state index is 0.188. The topological polar surface area (TPSA) is 54.9 Å². The predicted molar refractivity (Wildman–Crippen MR) is 64.9 cm³/mol. The van der Waals surface area contributed by atoms with Crippen molar-refractivity contribution < 1.29 is 4.79 Å². The summed E-state index contributed by atoms with van der Waals surface area (Å²) in [7, 11) is 0. The highest BCUT2D eigenvalue weighted by molar-refractivity contribution is 7.99. The number of rotatable bonds is 2. The molecule has 0 aromatic carbocycles. The summed E-state index contributed by atoms with van der Waals surface area (Å²) >= 11 is 7.60. The Hall–Kier alpha value is -0.810. The van der Waals surface area contributed by atoms with Gasteiger partial charge < -0.3 is 5.32 Å². The molecule has 1 N–H and O–H groups in total. The van der Waals surface area contributed by atoms with E-state index in [0.29, 0.717) is 0 Å². The zero-order valence-electron chi connectivity index (χ0n) is 8.65. The number of hydrogen-bond acceptors (Lipinski definition) is 4. The molecule has 0 unspecified atom stereocenters.